The Morgan fingerprint density at radius 1 is 1.00 bits per heavy atom. The molecule has 3 heterocycles. The van der Waals surface area contributed by atoms with Crippen molar-refractivity contribution in [2.24, 2.45) is 0 Å². The lowest BCUT2D eigenvalue weighted by molar-refractivity contribution is 0.887. The first-order valence-corrected chi connectivity index (χ1v) is 5.38. The van der Waals surface area contributed by atoms with Gasteiger partial charge in [-0.1, -0.05) is 0 Å². The van der Waals surface area contributed by atoms with Crippen molar-refractivity contribution in [3.8, 4) is 17.1 Å². The molecule has 0 radical (unpaired) electrons. The highest BCUT2D eigenvalue weighted by molar-refractivity contribution is 5.55. The number of nitrogens with zero attached hydrogens (tertiary/aromatic N) is 5. The fourth-order valence-electron chi connectivity index (χ4n) is 1.61. The summed E-state index contributed by atoms with van der Waals surface area (Å²) in [5.74, 6) is 0.867. The van der Waals surface area contributed by atoms with Crippen molar-refractivity contribution in [3.63, 3.8) is 0 Å². The van der Waals surface area contributed by atoms with Gasteiger partial charge in [0.2, 0.25) is 5.95 Å². The number of rotatable bonds is 2. The van der Waals surface area contributed by atoms with Gasteiger partial charge in [-0.2, -0.15) is 9.67 Å². The van der Waals surface area contributed by atoms with Gasteiger partial charge in [0, 0.05) is 24.2 Å². The lowest BCUT2D eigenvalue weighted by Crippen LogP contribution is -2.02. The molecule has 0 saturated heterocycles. The van der Waals surface area contributed by atoms with Crippen molar-refractivity contribution in [2.45, 2.75) is 0 Å². The van der Waals surface area contributed by atoms with Crippen LogP contribution in [0.3, 0.4) is 0 Å². The van der Waals surface area contributed by atoms with Gasteiger partial charge in [-0.3, -0.25) is 9.97 Å². The van der Waals surface area contributed by atoms with Gasteiger partial charge in [-0.15, -0.1) is 5.10 Å². The molecule has 0 atom stereocenters. The number of hydrogen-bond donors (Lipinski definition) is 1. The standard InChI is InChI=1S/C12H10N6/c13-12-16-11(9-3-1-5-14-7-9)17-18(12)10-4-2-6-15-8-10/h1-8H,(H2,13,16,17). The van der Waals surface area contributed by atoms with Gasteiger partial charge in [0.1, 0.15) is 0 Å². The highest BCUT2D eigenvalue weighted by Gasteiger charge is 2.10. The van der Waals surface area contributed by atoms with E-state index in [9.17, 15) is 0 Å². The predicted molar refractivity (Wildman–Crippen MR) is 66.8 cm³/mol. The number of nitrogens with two attached hydrogens (primary N) is 1. The van der Waals surface area contributed by atoms with Crippen molar-refractivity contribution >= 4 is 5.95 Å². The van der Waals surface area contributed by atoms with E-state index in [-0.39, 0.29) is 0 Å². The van der Waals surface area contributed by atoms with E-state index < -0.39 is 0 Å². The van der Waals surface area contributed by atoms with Crippen LogP contribution in [0.1, 0.15) is 0 Å². The fourth-order valence-corrected chi connectivity index (χ4v) is 1.61. The van der Waals surface area contributed by atoms with Crippen molar-refractivity contribution in [1.82, 2.24) is 24.7 Å². The molecule has 0 aliphatic carbocycles. The Hall–Kier alpha value is -2.76. The van der Waals surface area contributed by atoms with E-state index in [1.807, 2.05) is 24.3 Å². The summed E-state index contributed by atoms with van der Waals surface area (Å²) in [5.41, 5.74) is 7.45. The summed E-state index contributed by atoms with van der Waals surface area (Å²) < 4.78 is 1.55. The van der Waals surface area contributed by atoms with Gasteiger partial charge in [0.25, 0.3) is 0 Å². The Balaban J connectivity index is 2.07. The topological polar surface area (TPSA) is 82.5 Å². The summed E-state index contributed by atoms with van der Waals surface area (Å²) in [7, 11) is 0. The minimum Gasteiger partial charge on any atom is -0.368 e. The average molecular weight is 238 g/mol. The lowest BCUT2D eigenvalue weighted by atomic mass is 10.3. The van der Waals surface area contributed by atoms with E-state index in [1.165, 1.54) is 0 Å². The molecule has 3 aromatic rings. The second-order valence-corrected chi connectivity index (χ2v) is 3.66. The quantitative estimate of drug-likeness (QED) is 0.727. The van der Waals surface area contributed by atoms with Crippen LogP contribution in [-0.2, 0) is 0 Å². The van der Waals surface area contributed by atoms with Gasteiger partial charge in [-0.25, -0.2) is 0 Å². The van der Waals surface area contributed by atoms with Gasteiger partial charge in [0.05, 0.1) is 11.9 Å². The Morgan fingerprint density at radius 2 is 1.78 bits per heavy atom. The summed E-state index contributed by atoms with van der Waals surface area (Å²) in [6, 6.07) is 7.40. The normalized spacial score (nSPS) is 10.4. The van der Waals surface area contributed by atoms with E-state index in [0.717, 1.165) is 11.3 Å². The van der Waals surface area contributed by atoms with Gasteiger partial charge in [0.15, 0.2) is 5.82 Å². The van der Waals surface area contributed by atoms with Gasteiger partial charge >= 0.3 is 0 Å². The Bertz CT molecular complexity index is 647. The zero-order chi connectivity index (χ0) is 12.4. The van der Waals surface area contributed by atoms with Crippen molar-refractivity contribution < 1.29 is 0 Å². The third kappa shape index (κ3) is 1.80. The molecule has 0 amide bonds. The van der Waals surface area contributed by atoms with Crippen molar-refractivity contribution in [3.05, 3.63) is 49.1 Å². The van der Waals surface area contributed by atoms with Gasteiger partial charge < -0.3 is 5.73 Å². The summed E-state index contributed by atoms with van der Waals surface area (Å²) in [4.78, 5) is 12.3. The molecular formula is C12H10N6. The molecule has 6 heteroatoms. The average Bonchev–Trinajstić information content (AvgIpc) is 2.83. The summed E-state index contributed by atoms with van der Waals surface area (Å²) >= 11 is 0. The number of pyridine rings is 2. The molecule has 2 N–H and O–H groups in total. The molecule has 18 heavy (non-hydrogen) atoms. The maximum Gasteiger partial charge on any atom is 0.223 e. The molecule has 0 aromatic carbocycles. The number of anilines is 1. The molecule has 88 valence electrons. The van der Waals surface area contributed by atoms with Crippen LogP contribution in [0.2, 0.25) is 0 Å². The SMILES string of the molecule is Nc1nc(-c2cccnc2)nn1-c1cccnc1. The van der Waals surface area contributed by atoms with Crippen LogP contribution >= 0.6 is 0 Å². The predicted octanol–water partition coefficient (Wildman–Crippen LogP) is 1.31. The minimum atomic E-state index is 0.321. The molecule has 0 spiro atoms. The molecular weight excluding hydrogens is 228 g/mol. The van der Waals surface area contributed by atoms with Crippen LogP contribution < -0.4 is 5.73 Å². The Labute approximate surface area is 103 Å². The van der Waals surface area contributed by atoms with Crippen LogP contribution in [-0.4, -0.2) is 24.7 Å². The maximum absolute atomic E-state index is 5.85. The summed E-state index contributed by atoms with van der Waals surface area (Å²) in [6.07, 6.45) is 6.77. The number of aromatic nitrogens is 5. The third-order valence-corrected chi connectivity index (χ3v) is 2.44. The second kappa shape index (κ2) is 4.25. The molecule has 0 aliphatic rings. The van der Waals surface area contributed by atoms with Crippen LogP contribution in [0.25, 0.3) is 17.1 Å². The molecule has 3 rings (SSSR count). The molecule has 0 aliphatic heterocycles. The smallest absolute Gasteiger partial charge is 0.223 e. The molecule has 0 unspecified atom stereocenters. The first kappa shape index (κ1) is 10.4. The first-order valence-electron chi connectivity index (χ1n) is 5.38. The van der Waals surface area contributed by atoms with E-state index >= 15 is 0 Å². The molecule has 3 aromatic heterocycles. The third-order valence-electron chi connectivity index (χ3n) is 2.44. The van der Waals surface area contributed by atoms with E-state index in [0.29, 0.717) is 11.8 Å². The molecule has 0 bridgehead atoms. The lowest BCUT2D eigenvalue weighted by Gasteiger charge is -1.99. The second-order valence-electron chi connectivity index (χ2n) is 3.66. The Morgan fingerprint density at radius 3 is 2.44 bits per heavy atom. The highest BCUT2D eigenvalue weighted by Crippen LogP contribution is 2.17. The molecule has 0 fully saturated rings. The van der Waals surface area contributed by atoms with Crippen LogP contribution in [0, 0.1) is 0 Å². The fraction of sp³-hybridized carbons (Fsp3) is 0. The van der Waals surface area contributed by atoms with Crippen molar-refractivity contribution in [2.75, 3.05) is 5.73 Å². The van der Waals surface area contributed by atoms with Crippen LogP contribution in [0.4, 0.5) is 5.95 Å². The maximum atomic E-state index is 5.85. The largest absolute Gasteiger partial charge is 0.368 e. The van der Waals surface area contributed by atoms with Gasteiger partial charge in [-0.05, 0) is 24.3 Å². The molecule has 0 saturated carbocycles. The molecule has 6 nitrogen and oxygen atoms in total. The van der Waals surface area contributed by atoms with E-state index in [1.54, 1.807) is 29.5 Å². The zero-order valence-corrected chi connectivity index (χ0v) is 9.43. The number of nitrogen functional groups attached to an aromatic ring is 1. The monoisotopic (exact) mass is 238 g/mol. The van der Waals surface area contributed by atoms with E-state index in [2.05, 4.69) is 20.1 Å². The van der Waals surface area contributed by atoms with Crippen molar-refractivity contribution in [1.29, 1.82) is 0 Å². The first-order chi connectivity index (χ1) is 8.84. The minimum absolute atomic E-state index is 0.321. The van der Waals surface area contributed by atoms with Crippen LogP contribution in [0.5, 0.6) is 0 Å². The Kier molecular flexibility index (Phi) is 2.45. The van der Waals surface area contributed by atoms with E-state index in [4.69, 9.17) is 5.73 Å². The summed E-state index contributed by atoms with van der Waals surface area (Å²) in [6.45, 7) is 0. The zero-order valence-electron chi connectivity index (χ0n) is 9.43. The summed E-state index contributed by atoms with van der Waals surface area (Å²) in [5, 5.41) is 4.35. The highest BCUT2D eigenvalue weighted by atomic mass is 15.4. The van der Waals surface area contributed by atoms with Crippen LogP contribution in [0.15, 0.2) is 49.1 Å². The number of hydrogen-bond acceptors (Lipinski definition) is 5.